The number of carbonyl (C=O) groups is 1. The van der Waals surface area contributed by atoms with E-state index in [1.165, 1.54) is 0 Å². The lowest BCUT2D eigenvalue weighted by molar-refractivity contribution is -0.384. The number of anilines is 1. The smallest absolute Gasteiger partial charge is 0.292 e. The number of hydrazine groups is 1. The Kier molecular flexibility index (Phi) is 5.26. The summed E-state index contributed by atoms with van der Waals surface area (Å²) in [6.45, 7) is 1.96. The first-order valence-corrected chi connectivity index (χ1v) is 7.23. The lowest BCUT2D eigenvalue weighted by atomic mass is 10.1. The molecule has 9 heteroatoms. The number of nitrogens with one attached hydrogen (secondary N) is 2. The van der Waals surface area contributed by atoms with Crippen molar-refractivity contribution in [3.63, 3.8) is 0 Å². The first kappa shape index (κ1) is 18.2. The molecule has 2 aromatic carbocycles. The number of hydrogen-bond acceptors (Lipinski definition) is 4. The summed E-state index contributed by atoms with van der Waals surface area (Å²) in [4.78, 5) is 22.0. The molecule has 0 saturated carbocycles. The van der Waals surface area contributed by atoms with Gasteiger partial charge in [0, 0.05) is 11.6 Å². The number of nitrogens with zero attached hydrogens (tertiary/aromatic N) is 1. The Balaban J connectivity index is 2.16. The number of nitro groups is 1. The lowest BCUT2D eigenvalue weighted by Crippen LogP contribution is -2.29. The van der Waals surface area contributed by atoms with Crippen LogP contribution in [-0.2, 0) is 12.6 Å². The third-order valence-corrected chi connectivity index (χ3v) is 3.46. The van der Waals surface area contributed by atoms with Crippen molar-refractivity contribution in [1.29, 1.82) is 0 Å². The van der Waals surface area contributed by atoms with Gasteiger partial charge in [-0.2, -0.15) is 13.2 Å². The SMILES string of the molecule is CCc1ccc(C(=O)NNc2ccc(C(F)(F)F)cc2[N+](=O)[O-])cc1. The third kappa shape index (κ3) is 4.46. The molecule has 2 rings (SSSR count). The molecule has 0 saturated heterocycles. The fourth-order valence-corrected chi connectivity index (χ4v) is 2.05. The lowest BCUT2D eigenvalue weighted by Gasteiger charge is -2.11. The van der Waals surface area contributed by atoms with Gasteiger partial charge in [-0.05, 0) is 36.2 Å². The van der Waals surface area contributed by atoms with Crippen molar-refractivity contribution in [2.24, 2.45) is 0 Å². The Morgan fingerprint density at radius 1 is 1.16 bits per heavy atom. The summed E-state index contributed by atoms with van der Waals surface area (Å²) in [5, 5.41) is 11.0. The fourth-order valence-electron chi connectivity index (χ4n) is 2.05. The first-order chi connectivity index (χ1) is 11.7. The number of halogens is 3. The molecule has 2 aromatic rings. The van der Waals surface area contributed by atoms with Crippen molar-refractivity contribution in [2.75, 3.05) is 5.43 Å². The molecule has 0 aliphatic rings. The summed E-state index contributed by atoms with van der Waals surface area (Å²) in [6.07, 6.45) is -3.90. The van der Waals surface area contributed by atoms with E-state index in [1.54, 1.807) is 24.3 Å². The zero-order valence-corrected chi connectivity index (χ0v) is 13.1. The van der Waals surface area contributed by atoms with Crippen LogP contribution in [0.3, 0.4) is 0 Å². The average Bonchev–Trinajstić information content (AvgIpc) is 2.58. The highest BCUT2D eigenvalue weighted by Gasteiger charge is 2.33. The quantitative estimate of drug-likeness (QED) is 0.630. The fraction of sp³-hybridized carbons (Fsp3) is 0.188. The Bertz CT molecular complexity index is 789. The molecule has 0 unspecified atom stereocenters. The maximum Gasteiger partial charge on any atom is 0.416 e. The predicted molar refractivity (Wildman–Crippen MR) is 85.0 cm³/mol. The van der Waals surface area contributed by atoms with Crippen LogP contribution >= 0.6 is 0 Å². The third-order valence-electron chi connectivity index (χ3n) is 3.46. The van der Waals surface area contributed by atoms with Gasteiger partial charge in [-0.15, -0.1) is 0 Å². The minimum absolute atomic E-state index is 0.253. The maximum absolute atomic E-state index is 12.6. The standard InChI is InChI=1S/C16H14F3N3O3/c1-2-10-3-5-11(6-4-10)15(23)21-20-13-8-7-12(16(17,18)19)9-14(13)22(24)25/h3-9,20H,2H2,1H3,(H,21,23). The number of carbonyl (C=O) groups excluding carboxylic acids is 1. The van der Waals surface area contributed by atoms with E-state index in [2.05, 4.69) is 10.9 Å². The van der Waals surface area contributed by atoms with Gasteiger partial charge in [-0.1, -0.05) is 19.1 Å². The maximum atomic E-state index is 12.6. The summed E-state index contributed by atoms with van der Waals surface area (Å²) < 4.78 is 37.9. The average molecular weight is 353 g/mol. The molecule has 0 spiro atoms. The molecular formula is C16H14F3N3O3. The van der Waals surface area contributed by atoms with E-state index in [0.717, 1.165) is 18.1 Å². The van der Waals surface area contributed by atoms with E-state index in [0.29, 0.717) is 17.7 Å². The Hall–Kier alpha value is -3.10. The molecule has 0 atom stereocenters. The van der Waals surface area contributed by atoms with E-state index < -0.39 is 28.3 Å². The number of alkyl halides is 3. The van der Waals surface area contributed by atoms with Crippen LogP contribution < -0.4 is 10.9 Å². The Morgan fingerprint density at radius 3 is 2.32 bits per heavy atom. The van der Waals surface area contributed by atoms with Crippen molar-refractivity contribution in [2.45, 2.75) is 19.5 Å². The summed E-state index contributed by atoms with van der Waals surface area (Å²) in [6, 6.07) is 8.67. The van der Waals surface area contributed by atoms with Gasteiger partial charge in [0.25, 0.3) is 11.6 Å². The number of rotatable bonds is 5. The summed E-state index contributed by atoms with van der Waals surface area (Å²) in [5.41, 5.74) is 3.66. The second-order valence-corrected chi connectivity index (χ2v) is 5.12. The van der Waals surface area contributed by atoms with Crippen LogP contribution in [0.4, 0.5) is 24.5 Å². The van der Waals surface area contributed by atoms with Crippen molar-refractivity contribution >= 4 is 17.3 Å². The normalized spacial score (nSPS) is 11.0. The molecule has 2 N–H and O–H groups in total. The second-order valence-electron chi connectivity index (χ2n) is 5.12. The van der Waals surface area contributed by atoms with Gasteiger partial charge in [0.05, 0.1) is 10.5 Å². The van der Waals surface area contributed by atoms with Crippen molar-refractivity contribution in [3.05, 3.63) is 69.3 Å². The molecule has 0 aliphatic heterocycles. The second kappa shape index (κ2) is 7.20. The van der Waals surface area contributed by atoms with Gasteiger partial charge in [0.15, 0.2) is 0 Å². The number of hydrogen-bond donors (Lipinski definition) is 2. The number of amides is 1. The minimum atomic E-state index is -4.70. The largest absolute Gasteiger partial charge is 0.416 e. The minimum Gasteiger partial charge on any atom is -0.292 e. The highest BCUT2D eigenvalue weighted by atomic mass is 19.4. The Labute approximate surface area is 140 Å². The number of benzene rings is 2. The van der Waals surface area contributed by atoms with E-state index in [1.807, 2.05) is 6.92 Å². The van der Waals surface area contributed by atoms with Crippen LogP contribution in [-0.4, -0.2) is 10.8 Å². The molecule has 1 amide bonds. The molecule has 0 heterocycles. The van der Waals surface area contributed by atoms with Crippen LogP contribution in [0.5, 0.6) is 0 Å². The molecule has 6 nitrogen and oxygen atoms in total. The summed E-state index contributed by atoms with van der Waals surface area (Å²) in [7, 11) is 0. The van der Waals surface area contributed by atoms with Gasteiger partial charge in [0.2, 0.25) is 0 Å². The van der Waals surface area contributed by atoms with Crippen molar-refractivity contribution < 1.29 is 22.9 Å². The van der Waals surface area contributed by atoms with Crippen LogP contribution in [0.15, 0.2) is 42.5 Å². The topological polar surface area (TPSA) is 84.3 Å². The molecule has 0 aromatic heterocycles. The van der Waals surface area contributed by atoms with E-state index >= 15 is 0 Å². The monoisotopic (exact) mass is 353 g/mol. The van der Waals surface area contributed by atoms with Crippen LogP contribution in [0.2, 0.25) is 0 Å². The van der Waals surface area contributed by atoms with Crippen molar-refractivity contribution in [3.8, 4) is 0 Å². The highest BCUT2D eigenvalue weighted by molar-refractivity contribution is 5.95. The van der Waals surface area contributed by atoms with Crippen LogP contribution in [0, 0.1) is 10.1 Å². The summed E-state index contributed by atoms with van der Waals surface area (Å²) >= 11 is 0. The first-order valence-electron chi connectivity index (χ1n) is 7.23. The number of nitro benzene ring substituents is 1. The van der Waals surface area contributed by atoms with E-state index in [4.69, 9.17) is 0 Å². The molecule has 0 radical (unpaired) electrons. The molecule has 0 fully saturated rings. The van der Waals surface area contributed by atoms with E-state index in [9.17, 15) is 28.1 Å². The zero-order chi connectivity index (χ0) is 18.6. The molecular weight excluding hydrogens is 339 g/mol. The number of aryl methyl sites for hydroxylation is 1. The predicted octanol–water partition coefficient (Wildman–Crippen LogP) is 3.93. The van der Waals surface area contributed by atoms with Gasteiger partial charge in [-0.3, -0.25) is 25.8 Å². The highest BCUT2D eigenvalue weighted by Crippen LogP contribution is 2.34. The molecule has 25 heavy (non-hydrogen) atoms. The Morgan fingerprint density at radius 2 is 1.80 bits per heavy atom. The van der Waals surface area contributed by atoms with Crippen LogP contribution in [0.25, 0.3) is 0 Å². The van der Waals surface area contributed by atoms with Gasteiger partial charge in [-0.25, -0.2) is 0 Å². The molecule has 132 valence electrons. The van der Waals surface area contributed by atoms with Crippen molar-refractivity contribution in [1.82, 2.24) is 5.43 Å². The van der Waals surface area contributed by atoms with E-state index in [-0.39, 0.29) is 5.69 Å². The van der Waals surface area contributed by atoms with Gasteiger partial charge < -0.3 is 0 Å². The van der Waals surface area contributed by atoms with Gasteiger partial charge in [0.1, 0.15) is 5.69 Å². The molecule has 0 bridgehead atoms. The summed E-state index contributed by atoms with van der Waals surface area (Å²) in [5.74, 6) is -0.572. The molecule has 0 aliphatic carbocycles. The van der Waals surface area contributed by atoms with Crippen LogP contribution in [0.1, 0.15) is 28.4 Å². The zero-order valence-electron chi connectivity index (χ0n) is 13.1. The van der Waals surface area contributed by atoms with Gasteiger partial charge >= 0.3 is 6.18 Å².